The third-order valence-electron chi connectivity index (χ3n) is 3.99. The number of carbonyl (C=O) groups is 2. The number of nitrogens with two attached hydrogens (primary N) is 1. The Hall–Kier alpha value is -3.91. The lowest BCUT2D eigenvalue weighted by atomic mass is 10.2. The Balaban J connectivity index is 1.39. The van der Waals surface area contributed by atoms with Crippen LogP contribution in [-0.2, 0) is 0 Å². The highest BCUT2D eigenvalue weighted by Crippen LogP contribution is 2.26. The van der Waals surface area contributed by atoms with Gasteiger partial charge in [-0.05, 0) is 60.7 Å². The van der Waals surface area contributed by atoms with Crippen LogP contribution in [0.15, 0.2) is 76.7 Å². The quantitative estimate of drug-likeness (QED) is 0.489. The normalized spacial score (nSPS) is 10.5. The van der Waals surface area contributed by atoms with E-state index in [2.05, 4.69) is 10.3 Å². The van der Waals surface area contributed by atoms with Crippen molar-refractivity contribution in [2.75, 3.05) is 5.32 Å². The van der Waals surface area contributed by atoms with Gasteiger partial charge >= 0.3 is 0 Å². The number of benzene rings is 2. The highest BCUT2D eigenvalue weighted by Gasteiger charge is 2.11. The summed E-state index contributed by atoms with van der Waals surface area (Å²) in [6.07, 6.45) is 1.57. The van der Waals surface area contributed by atoms with Crippen molar-refractivity contribution in [3.8, 4) is 23.0 Å². The van der Waals surface area contributed by atoms with Gasteiger partial charge in [-0.3, -0.25) is 14.9 Å². The maximum absolute atomic E-state index is 12.4. The summed E-state index contributed by atoms with van der Waals surface area (Å²) in [6, 6.07) is 16.8. The molecule has 7 nitrogen and oxygen atoms in total. The van der Waals surface area contributed by atoms with Crippen LogP contribution in [0.25, 0.3) is 11.5 Å². The second kappa shape index (κ2) is 7.99. The Morgan fingerprint density at radius 3 is 2.21 bits per heavy atom. The van der Waals surface area contributed by atoms with Crippen LogP contribution in [-0.4, -0.2) is 16.8 Å². The van der Waals surface area contributed by atoms with Crippen LogP contribution < -0.4 is 15.8 Å². The molecule has 2 aromatic heterocycles. The first-order chi connectivity index (χ1) is 14.1. The number of rotatable bonds is 6. The van der Waals surface area contributed by atoms with E-state index in [-0.39, 0.29) is 5.91 Å². The third-order valence-corrected chi connectivity index (χ3v) is 4.75. The van der Waals surface area contributed by atoms with E-state index in [1.165, 1.54) is 11.3 Å². The van der Waals surface area contributed by atoms with Gasteiger partial charge in [-0.1, -0.05) is 0 Å². The van der Waals surface area contributed by atoms with Crippen molar-refractivity contribution >= 4 is 28.3 Å². The molecule has 0 saturated heterocycles. The highest BCUT2D eigenvalue weighted by molar-refractivity contribution is 7.14. The maximum Gasteiger partial charge on any atom is 0.257 e. The summed E-state index contributed by atoms with van der Waals surface area (Å²) in [6.45, 7) is 0. The number of nitrogens with zero attached hydrogens (tertiary/aromatic N) is 1. The molecule has 0 atom stereocenters. The smallest absolute Gasteiger partial charge is 0.257 e. The highest BCUT2D eigenvalue weighted by atomic mass is 32.1. The fraction of sp³-hybridized carbons (Fsp3) is 0. The van der Waals surface area contributed by atoms with Crippen molar-refractivity contribution in [3.63, 3.8) is 0 Å². The fourth-order valence-electron chi connectivity index (χ4n) is 2.54. The topological polar surface area (TPSA) is 107 Å². The van der Waals surface area contributed by atoms with Gasteiger partial charge in [0.2, 0.25) is 5.91 Å². The molecular formula is C21H15N3O4S. The minimum absolute atomic E-state index is 0.275. The Bertz CT molecular complexity index is 1130. The minimum Gasteiger partial charge on any atom is -0.463 e. The second-order valence-corrected chi connectivity index (χ2v) is 6.84. The predicted molar refractivity (Wildman–Crippen MR) is 109 cm³/mol. The van der Waals surface area contributed by atoms with Crippen LogP contribution in [0.5, 0.6) is 11.5 Å². The van der Waals surface area contributed by atoms with Gasteiger partial charge in [0.1, 0.15) is 17.2 Å². The van der Waals surface area contributed by atoms with Crippen LogP contribution in [0.2, 0.25) is 0 Å². The Morgan fingerprint density at radius 1 is 0.966 bits per heavy atom. The second-order valence-electron chi connectivity index (χ2n) is 5.98. The first-order valence-electron chi connectivity index (χ1n) is 8.57. The molecule has 2 amide bonds. The van der Waals surface area contributed by atoms with Gasteiger partial charge in [-0.2, -0.15) is 0 Å². The van der Waals surface area contributed by atoms with Crippen molar-refractivity contribution < 1.29 is 18.7 Å². The number of carbonyl (C=O) groups excluding carboxylic acids is 2. The number of anilines is 1. The molecule has 3 N–H and O–H groups in total. The van der Waals surface area contributed by atoms with Gasteiger partial charge in [-0.25, -0.2) is 4.98 Å². The first-order valence-corrected chi connectivity index (χ1v) is 9.45. The molecule has 8 heteroatoms. The third kappa shape index (κ3) is 4.33. The summed E-state index contributed by atoms with van der Waals surface area (Å²) in [5, 5.41) is 5.07. The standard InChI is InChI=1S/C21H15N3O4S/c22-19(25)13-3-7-15(8-4-13)28-16-9-5-14(6-10-16)20(26)24-21-23-17(12-29-21)18-2-1-11-27-18/h1-12H,(H2,22,25)(H,23,24,26). The number of ether oxygens (including phenoxy) is 1. The van der Waals surface area contributed by atoms with E-state index in [4.69, 9.17) is 14.9 Å². The molecule has 0 unspecified atom stereocenters. The molecule has 0 aliphatic heterocycles. The number of amides is 2. The fourth-order valence-corrected chi connectivity index (χ4v) is 3.23. The van der Waals surface area contributed by atoms with E-state index in [0.717, 1.165) is 0 Å². The Kier molecular flexibility index (Phi) is 5.08. The van der Waals surface area contributed by atoms with Crippen LogP contribution in [0, 0.1) is 0 Å². The Morgan fingerprint density at radius 2 is 1.62 bits per heavy atom. The summed E-state index contributed by atoms with van der Waals surface area (Å²) in [5.41, 5.74) is 6.76. The molecule has 0 aliphatic carbocycles. The average Bonchev–Trinajstić information content (AvgIpc) is 3.41. The van der Waals surface area contributed by atoms with Gasteiger partial charge < -0.3 is 14.9 Å². The number of hydrogen-bond acceptors (Lipinski definition) is 6. The molecule has 0 radical (unpaired) electrons. The van der Waals surface area contributed by atoms with Crippen LogP contribution >= 0.6 is 11.3 Å². The molecule has 0 saturated carbocycles. The van der Waals surface area contributed by atoms with Crippen molar-refractivity contribution in [1.29, 1.82) is 0 Å². The van der Waals surface area contributed by atoms with Crippen LogP contribution in [0.4, 0.5) is 5.13 Å². The molecular weight excluding hydrogens is 390 g/mol. The van der Waals surface area contributed by atoms with Gasteiger partial charge in [0.05, 0.1) is 6.26 Å². The molecule has 4 aromatic rings. The van der Waals surface area contributed by atoms with Gasteiger partial charge in [0.15, 0.2) is 10.9 Å². The number of aromatic nitrogens is 1. The maximum atomic E-state index is 12.4. The summed E-state index contributed by atoms with van der Waals surface area (Å²) in [4.78, 5) is 27.9. The van der Waals surface area contributed by atoms with E-state index in [1.54, 1.807) is 66.9 Å². The lowest BCUT2D eigenvalue weighted by molar-refractivity contribution is 0.0997. The van der Waals surface area contributed by atoms with E-state index < -0.39 is 5.91 Å². The predicted octanol–water partition coefficient (Wildman–Crippen LogP) is 4.55. The molecule has 0 bridgehead atoms. The SMILES string of the molecule is NC(=O)c1ccc(Oc2ccc(C(=O)Nc3nc(-c4ccco4)cs3)cc2)cc1. The van der Waals surface area contributed by atoms with Crippen molar-refractivity contribution in [3.05, 3.63) is 83.4 Å². The lowest BCUT2D eigenvalue weighted by Gasteiger charge is -2.07. The van der Waals surface area contributed by atoms with E-state index in [1.807, 2.05) is 5.38 Å². The molecule has 144 valence electrons. The van der Waals surface area contributed by atoms with E-state index in [9.17, 15) is 9.59 Å². The van der Waals surface area contributed by atoms with Crippen molar-refractivity contribution in [1.82, 2.24) is 4.98 Å². The Labute approximate surface area is 169 Å². The van der Waals surface area contributed by atoms with Crippen molar-refractivity contribution in [2.45, 2.75) is 0 Å². The van der Waals surface area contributed by atoms with Gasteiger partial charge in [0, 0.05) is 16.5 Å². The summed E-state index contributed by atoms with van der Waals surface area (Å²) in [7, 11) is 0. The van der Waals surface area contributed by atoms with E-state index >= 15 is 0 Å². The zero-order valence-electron chi connectivity index (χ0n) is 15.0. The molecule has 0 spiro atoms. The summed E-state index contributed by atoms with van der Waals surface area (Å²) >= 11 is 1.32. The zero-order valence-corrected chi connectivity index (χ0v) is 15.8. The number of furan rings is 1. The monoisotopic (exact) mass is 405 g/mol. The summed E-state index contributed by atoms with van der Waals surface area (Å²) in [5.74, 6) is 0.987. The molecule has 29 heavy (non-hydrogen) atoms. The molecule has 0 aliphatic rings. The van der Waals surface area contributed by atoms with E-state index in [0.29, 0.717) is 39.2 Å². The number of hydrogen-bond donors (Lipinski definition) is 2. The largest absolute Gasteiger partial charge is 0.463 e. The number of thiazole rings is 1. The average molecular weight is 405 g/mol. The van der Waals surface area contributed by atoms with Crippen LogP contribution in [0.3, 0.4) is 0 Å². The summed E-state index contributed by atoms with van der Waals surface area (Å²) < 4.78 is 11.0. The van der Waals surface area contributed by atoms with Gasteiger partial charge in [0.25, 0.3) is 5.91 Å². The number of nitrogens with one attached hydrogen (secondary N) is 1. The first kappa shape index (κ1) is 18.5. The van der Waals surface area contributed by atoms with Crippen LogP contribution in [0.1, 0.15) is 20.7 Å². The van der Waals surface area contributed by atoms with Crippen molar-refractivity contribution in [2.24, 2.45) is 5.73 Å². The number of primary amides is 1. The van der Waals surface area contributed by atoms with Gasteiger partial charge in [-0.15, -0.1) is 11.3 Å². The minimum atomic E-state index is -0.497. The zero-order chi connectivity index (χ0) is 20.2. The lowest BCUT2D eigenvalue weighted by Crippen LogP contribution is -2.11. The molecule has 2 heterocycles. The molecule has 2 aromatic carbocycles. The molecule has 0 fully saturated rings. The molecule has 4 rings (SSSR count).